The van der Waals surface area contributed by atoms with Crippen LogP contribution in [-0.2, 0) is 0 Å². The van der Waals surface area contributed by atoms with Crippen LogP contribution in [-0.4, -0.2) is 93.7 Å². The first kappa shape index (κ1) is 17.9. The van der Waals surface area contributed by atoms with E-state index in [4.69, 9.17) is 0 Å². The van der Waals surface area contributed by atoms with Gasteiger partial charge in [0.2, 0.25) is 0 Å². The highest BCUT2D eigenvalue weighted by Crippen LogP contribution is 2.24. The quantitative estimate of drug-likeness (QED) is 0.669. The first-order chi connectivity index (χ1) is 9.28. The third-order valence-electron chi connectivity index (χ3n) is 3.86. The van der Waals surface area contributed by atoms with Crippen molar-refractivity contribution >= 4 is 0 Å². The maximum Gasteiger partial charge on any atom is 0.0506 e. The molecule has 120 valence electrons. The van der Waals surface area contributed by atoms with Gasteiger partial charge in [-0.2, -0.15) is 0 Å². The third-order valence-corrected chi connectivity index (χ3v) is 3.86. The minimum absolute atomic E-state index is 0.425. The summed E-state index contributed by atoms with van der Waals surface area (Å²) in [6.45, 7) is 13.3. The van der Waals surface area contributed by atoms with E-state index in [-0.39, 0.29) is 0 Å². The topological polar surface area (TPSA) is 13.0 Å². The lowest BCUT2D eigenvalue weighted by atomic mass is 9.90. The van der Waals surface area contributed by atoms with E-state index in [0.717, 1.165) is 6.67 Å². The normalized spacial score (nSPS) is 21.0. The lowest BCUT2D eigenvalue weighted by molar-refractivity contribution is 0.00668. The van der Waals surface area contributed by atoms with Crippen LogP contribution in [0.4, 0.5) is 0 Å². The van der Waals surface area contributed by atoms with E-state index in [1.54, 1.807) is 0 Å². The summed E-state index contributed by atoms with van der Waals surface area (Å²) in [7, 11) is 8.64. The van der Waals surface area contributed by atoms with Crippen LogP contribution >= 0.6 is 0 Å². The maximum atomic E-state index is 2.64. The smallest absolute Gasteiger partial charge is 0.0506 e. The Bertz CT molecular complexity index is 239. The molecule has 4 nitrogen and oxygen atoms in total. The minimum Gasteiger partial charge on any atom is -0.309 e. The van der Waals surface area contributed by atoms with Crippen LogP contribution in [0.5, 0.6) is 0 Å². The predicted molar refractivity (Wildman–Crippen MR) is 88.1 cm³/mol. The maximum absolute atomic E-state index is 2.64. The van der Waals surface area contributed by atoms with Crippen LogP contribution in [0.2, 0.25) is 0 Å². The van der Waals surface area contributed by atoms with Gasteiger partial charge in [0.15, 0.2) is 0 Å². The Morgan fingerprint density at radius 1 is 0.800 bits per heavy atom. The molecule has 0 unspecified atom stereocenters. The van der Waals surface area contributed by atoms with E-state index < -0.39 is 0 Å². The van der Waals surface area contributed by atoms with E-state index in [0.29, 0.717) is 5.41 Å². The summed E-state index contributed by atoms with van der Waals surface area (Å²) >= 11 is 0. The molecule has 0 radical (unpaired) electrons. The predicted octanol–water partition coefficient (Wildman–Crippen LogP) is 1.49. The van der Waals surface area contributed by atoms with E-state index >= 15 is 0 Å². The molecule has 20 heavy (non-hydrogen) atoms. The molecule has 1 saturated heterocycles. The molecule has 1 aliphatic rings. The van der Waals surface area contributed by atoms with Crippen LogP contribution in [0, 0.1) is 5.41 Å². The molecule has 0 spiro atoms. The van der Waals surface area contributed by atoms with Crippen molar-refractivity contribution in [2.45, 2.75) is 26.7 Å². The molecule has 0 aromatic rings. The molecular weight excluding hydrogens is 248 g/mol. The van der Waals surface area contributed by atoms with E-state index in [1.807, 2.05) is 0 Å². The highest BCUT2D eigenvalue weighted by Gasteiger charge is 2.30. The van der Waals surface area contributed by atoms with Crippen LogP contribution in [0.3, 0.4) is 0 Å². The molecule has 1 fully saturated rings. The number of nitrogens with zero attached hydrogens (tertiary/aromatic N) is 4. The van der Waals surface area contributed by atoms with Gasteiger partial charge in [0.25, 0.3) is 0 Å². The van der Waals surface area contributed by atoms with Gasteiger partial charge in [-0.1, -0.05) is 13.8 Å². The fourth-order valence-electron chi connectivity index (χ4n) is 3.16. The average Bonchev–Trinajstić information content (AvgIpc) is 2.25. The third kappa shape index (κ3) is 7.58. The molecule has 0 atom stereocenters. The molecule has 0 aromatic heterocycles. The molecule has 0 saturated carbocycles. The van der Waals surface area contributed by atoms with Gasteiger partial charge in [-0.3, -0.25) is 9.80 Å². The highest BCUT2D eigenvalue weighted by molar-refractivity contribution is 4.83. The summed E-state index contributed by atoms with van der Waals surface area (Å²) in [5.74, 6) is 0. The zero-order valence-corrected chi connectivity index (χ0v) is 14.7. The fraction of sp³-hybridized carbons (Fsp3) is 1.00. The largest absolute Gasteiger partial charge is 0.309 e. The van der Waals surface area contributed by atoms with Gasteiger partial charge in [-0.15, -0.1) is 0 Å². The van der Waals surface area contributed by atoms with Gasteiger partial charge in [0, 0.05) is 26.2 Å². The first-order valence-corrected chi connectivity index (χ1v) is 8.03. The number of hydrogen-bond donors (Lipinski definition) is 0. The summed E-state index contributed by atoms with van der Waals surface area (Å²) in [5, 5.41) is 0. The van der Waals surface area contributed by atoms with Crippen molar-refractivity contribution < 1.29 is 0 Å². The second-order valence-electron chi connectivity index (χ2n) is 7.72. The number of rotatable bonds is 8. The standard InChI is InChI=1S/C16H36N4/c1-16(2)13-19(11-7-9-17(3)4)15-20(14-16)12-8-10-18(5)6/h7-15H2,1-6H3. The summed E-state index contributed by atoms with van der Waals surface area (Å²) in [5.41, 5.74) is 0.425. The lowest BCUT2D eigenvalue weighted by Crippen LogP contribution is -2.54. The Morgan fingerprint density at radius 2 is 1.20 bits per heavy atom. The van der Waals surface area contributed by atoms with Crippen molar-refractivity contribution in [3.05, 3.63) is 0 Å². The molecule has 1 rings (SSSR count). The molecule has 1 aliphatic heterocycles. The van der Waals surface area contributed by atoms with Gasteiger partial charge in [0.05, 0.1) is 6.67 Å². The number of hydrogen-bond acceptors (Lipinski definition) is 4. The van der Waals surface area contributed by atoms with Crippen LogP contribution in [0.15, 0.2) is 0 Å². The Balaban J connectivity index is 2.36. The summed E-state index contributed by atoms with van der Waals surface area (Å²) in [6.07, 6.45) is 2.54. The Kier molecular flexibility index (Phi) is 7.45. The van der Waals surface area contributed by atoms with E-state index in [1.165, 1.54) is 52.1 Å². The summed E-state index contributed by atoms with van der Waals surface area (Å²) < 4.78 is 0. The molecule has 0 amide bonds. The van der Waals surface area contributed by atoms with Gasteiger partial charge >= 0.3 is 0 Å². The van der Waals surface area contributed by atoms with Crippen LogP contribution < -0.4 is 0 Å². The van der Waals surface area contributed by atoms with Crippen molar-refractivity contribution in [3.63, 3.8) is 0 Å². The molecule has 1 heterocycles. The summed E-state index contributed by atoms with van der Waals surface area (Å²) in [4.78, 5) is 9.85. The Hall–Kier alpha value is -0.160. The fourth-order valence-corrected chi connectivity index (χ4v) is 3.16. The Labute approximate surface area is 126 Å². The van der Waals surface area contributed by atoms with E-state index in [9.17, 15) is 0 Å². The first-order valence-electron chi connectivity index (χ1n) is 8.03. The molecule has 4 heteroatoms. The van der Waals surface area contributed by atoms with Crippen molar-refractivity contribution in [1.29, 1.82) is 0 Å². The van der Waals surface area contributed by atoms with E-state index in [2.05, 4.69) is 61.6 Å². The average molecular weight is 284 g/mol. The molecule has 0 aliphatic carbocycles. The minimum atomic E-state index is 0.425. The van der Waals surface area contributed by atoms with Gasteiger partial charge in [-0.05, 0) is 59.5 Å². The van der Waals surface area contributed by atoms with Gasteiger partial charge in [0.1, 0.15) is 0 Å². The molecule has 0 N–H and O–H groups in total. The lowest BCUT2D eigenvalue weighted by Gasteiger charge is -2.45. The van der Waals surface area contributed by atoms with Crippen LogP contribution in [0.1, 0.15) is 26.7 Å². The van der Waals surface area contributed by atoms with Crippen LogP contribution in [0.25, 0.3) is 0 Å². The summed E-state index contributed by atoms with van der Waals surface area (Å²) in [6, 6.07) is 0. The molecular formula is C16H36N4. The molecule has 0 aromatic carbocycles. The second kappa shape index (κ2) is 8.32. The zero-order chi connectivity index (χ0) is 15.2. The second-order valence-corrected chi connectivity index (χ2v) is 7.72. The Morgan fingerprint density at radius 3 is 1.55 bits per heavy atom. The van der Waals surface area contributed by atoms with Gasteiger partial charge in [-0.25, -0.2) is 0 Å². The van der Waals surface area contributed by atoms with Crippen molar-refractivity contribution in [2.75, 3.05) is 74.1 Å². The van der Waals surface area contributed by atoms with Crippen molar-refractivity contribution in [1.82, 2.24) is 19.6 Å². The van der Waals surface area contributed by atoms with Crippen molar-refractivity contribution in [3.8, 4) is 0 Å². The zero-order valence-electron chi connectivity index (χ0n) is 14.7. The van der Waals surface area contributed by atoms with Gasteiger partial charge < -0.3 is 9.80 Å². The highest BCUT2D eigenvalue weighted by atomic mass is 15.3. The monoisotopic (exact) mass is 284 g/mol. The SMILES string of the molecule is CN(C)CCCN1CN(CCCN(C)C)CC(C)(C)C1. The molecule has 0 bridgehead atoms. The van der Waals surface area contributed by atoms with Crippen molar-refractivity contribution in [2.24, 2.45) is 5.41 Å².